The van der Waals surface area contributed by atoms with Gasteiger partial charge in [0.25, 0.3) is 0 Å². The topological polar surface area (TPSA) is 79.2 Å². The highest BCUT2D eigenvalue weighted by Gasteiger charge is 2.00. The van der Waals surface area contributed by atoms with Crippen molar-refractivity contribution in [3.05, 3.63) is 48.3 Å². The van der Waals surface area contributed by atoms with E-state index < -0.39 is 0 Å². The SMILES string of the molecule is O=C(NCCCO)NCCc1ccc(-n2cccn2)cc1. The lowest BCUT2D eigenvalue weighted by Crippen LogP contribution is -2.37. The van der Waals surface area contributed by atoms with E-state index in [9.17, 15) is 4.79 Å². The Kier molecular flexibility index (Phi) is 5.78. The maximum Gasteiger partial charge on any atom is 0.314 e. The van der Waals surface area contributed by atoms with E-state index in [4.69, 9.17) is 5.11 Å². The molecule has 2 rings (SSSR count). The summed E-state index contributed by atoms with van der Waals surface area (Å²) in [5.41, 5.74) is 2.17. The molecule has 1 heterocycles. The summed E-state index contributed by atoms with van der Waals surface area (Å²) in [4.78, 5) is 11.4. The largest absolute Gasteiger partial charge is 0.396 e. The molecule has 0 atom stereocenters. The van der Waals surface area contributed by atoms with Gasteiger partial charge in [-0.3, -0.25) is 0 Å². The monoisotopic (exact) mass is 288 g/mol. The van der Waals surface area contributed by atoms with Crippen LogP contribution in [0.3, 0.4) is 0 Å². The Balaban J connectivity index is 1.73. The molecule has 0 saturated carbocycles. The lowest BCUT2D eigenvalue weighted by molar-refractivity contribution is 0.238. The van der Waals surface area contributed by atoms with Crippen molar-refractivity contribution in [2.24, 2.45) is 0 Å². The molecule has 21 heavy (non-hydrogen) atoms. The van der Waals surface area contributed by atoms with E-state index in [1.165, 1.54) is 0 Å². The van der Waals surface area contributed by atoms with E-state index in [0.29, 0.717) is 19.5 Å². The van der Waals surface area contributed by atoms with Gasteiger partial charge in [0.05, 0.1) is 5.69 Å². The van der Waals surface area contributed by atoms with Crippen LogP contribution in [0.25, 0.3) is 5.69 Å². The van der Waals surface area contributed by atoms with Crippen LogP contribution in [-0.2, 0) is 6.42 Å². The molecular formula is C15H20N4O2. The number of benzene rings is 1. The molecule has 0 aliphatic carbocycles. The standard InChI is InChI=1S/C15H20N4O2/c20-12-2-8-16-15(21)17-10-7-13-3-5-14(6-4-13)19-11-1-9-18-19/h1,3-6,9,11,20H,2,7-8,10,12H2,(H2,16,17,21). The number of nitrogens with one attached hydrogen (secondary N) is 2. The Morgan fingerprint density at radius 3 is 2.62 bits per heavy atom. The van der Waals surface area contributed by atoms with Crippen molar-refractivity contribution < 1.29 is 9.90 Å². The molecule has 0 aliphatic heterocycles. The van der Waals surface area contributed by atoms with Gasteiger partial charge < -0.3 is 15.7 Å². The number of aromatic nitrogens is 2. The molecule has 1 aromatic carbocycles. The minimum absolute atomic E-state index is 0.0862. The molecule has 112 valence electrons. The summed E-state index contributed by atoms with van der Waals surface area (Å²) in [6, 6.07) is 9.75. The van der Waals surface area contributed by atoms with Crippen molar-refractivity contribution >= 4 is 6.03 Å². The Hall–Kier alpha value is -2.34. The van der Waals surface area contributed by atoms with E-state index >= 15 is 0 Å². The first-order valence-electron chi connectivity index (χ1n) is 7.01. The third-order valence-corrected chi connectivity index (χ3v) is 3.02. The first kappa shape index (κ1) is 15.1. The van der Waals surface area contributed by atoms with Crippen molar-refractivity contribution in [2.45, 2.75) is 12.8 Å². The van der Waals surface area contributed by atoms with Gasteiger partial charge in [-0.2, -0.15) is 5.10 Å². The summed E-state index contributed by atoms with van der Waals surface area (Å²) in [5.74, 6) is 0. The van der Waals surface area contributed by atoms with Crippen molar-refractivity contribution in [2.75, 3.05) is 19.7 Å². The number of amides is 2. The molecule has 0 aliphatic rings. The fourth-order valence-electron chi connectivity index (χ4n) is 1.90. The molecule has 0 bridgehead atoms. The highest BCUT2D eigenvalue weighted by molar-refractivity contribution is 5.73. The number of aliphatic hydroxyl groups excluding tert-OH is 1. The molecular weight excluding hydrogens is 268 g/mol. The quantitative estimate of drug-likeness (QED) is 0.667. The number of carbonyl (C=O) groups is 1. The maximum absolute atomic E-state index is 11.4. The van der Waals surface area contributed by atoms with E-state index in [2.05, 4.69) is 15.7 Å². The van der Waals surface area contributed by atoms with Gasteiger partial charge in [-0.15, -0.1) is 0 Å². The zero-order valence-electron chi connectivity index (χ0n) is 11.8. The number of aliphatic hydroxyl groups is 1. The molecule has 0 spiro atoms. The minimum atomic E-state index is -0.198. The van der Waals surface area contributed by atoms with Crippen LogP contribution in [0.2, 0.25) is 0 Å². The molecule has 0 unspecified atom stereocenters. The van der Waals surface area contributed by atoms with E-state index in [-0.39, 0.29) is 12.6 Å². The smallest absolute Gasteiger partial charge is 0.314 e. The molecule has 2 amide bonds. The predicted molar refractivity (Wildman–Crippen MR) is 80.4 cm³/mol. The summed E-state index contributed by atoms with van der Waals surface area (Å²) in [5, 5.41) is 18.2. The van der Waals surface area contributed by atoms with E-state index in [1.54, 1.807) is 10.9 Å². The average Bonchev–Trinajstić information content (AvgIpc) is 3.02. The third-order valence-electron chi connectivity index (χ3n) is 3.02. The van der Waals surface area contributed by atoms with Crippen molar-refractivity contribution in [1.29, 1.82) is 0 Å². The molecule has 6 heteroatoms. The van der Waals surface area contributed by atoms with Gasteiger partial charge in [0.15, 0.2) is 0 Å². The Morgan fingerprint density at radius 2 is 1.95 bits per heavy atom. The summed E-state index contributed by atoms with van der Waals surface area (Å²) in [6.07, 6.45) is 4.98. The second kappa shape index (κ2) is 8.06. The van der Waals surface area contributed by atoms with Crippen LogP contribution in [0, 0.1) is 0 Å². The van der Waals surface area contributed by atoms with Gasteiger partial charge in [-0.05, 0) is 36.6 Å². The fourth-order valence-corrected chi connectivity index (χ4v) is 1.90. The molecule has 1 aromatic heterocycles. The Morgan fingerprint density at radius 1 is 1.19 bits per heavy atom. The minimum Gasteiger partial charge on any atom is -0.396 e. The number of rotatable bonds is 7. The van der Waals surface area contributed by atoms with Crippen LogP contribution >= 0.6 is 0 Å². The van der Waals surface area contributed by atoms with Crippen LogP contribution in [0.4, 0.5) is 4.79 Å². The fraction of sp³-hybridized carbons (Fsp3) is 0.333. The van der Waals surface area contributed by atoms with Gasteiger partial charge >= 0.3 is 6.03 Å². The highest BCUT2D eigenvalue weighted by atomic mass is 16.3. The number of urea groups is 1. The predicted octanol–water partition coefficient (Wildman–Crippen LogP) is 1.10. The molecule has 3 N–H and O–H groups in total. The Bertz CT molecular complexity index is 537. The summed E-state index contributed by atoms with van der Waals surface area (Å²) in [7, 11) is 0. The normalized spacial score (nSPS) is 10.3. The average molecular weight is 288 g/mol. The van der Waals surface area contributed by atoms with Crippen LogP contribution in [0.1, 0.15) is 12.0 Å². The number of hydrogen-bond acceptors (Lipinski definition) is 3. The van der Waals surface area contributed by atoms with E-state index in [1.807, 2.05) is 36.5 Å². The molecule has 2 aromatic rings. The van der Waals surface area contributed by atoms with Crippen LogP contribution < -0.4 is 10.6 Å². The maximum atomic E-state index is 11.4. The van der Waals surface area contributed by atoms with Gasteiger partial charge in [-0.1, -0.05) is 12.1 Å². The lowest BCUT2D eigenvalue weighted by Gasteiger charge is -2.07. The summed E-state index contributed by atoms with van der Waals surface area (Å²) < 4.78 is 1.80. The first-order valence-corrected chi connectivity index (χ1v) is 7.01. The van der Waals surface area contributed by atoms with Crippen LogP contribution in [0.15, 0.2) is 42.7 Å². The summed E-state index contributed by atoms with van der Waals surface area (Å²) >= 11 is 0. The molecule has 6 nitrogen and oxygen atoms in total. The number of nitrogens with zero attached hydrogens (tertiary/aromatic N) is 2. The van der Waals surface area contributed by atoms with Crippen molar-refractivity contribution in [1.82, 2.24) is 20.4 Å². The van der Waals surface area contributed by atoms with Gasteiger partial charge in [-0.25, -0.2) is 9.48 Å². The summed E-state index contributed by atoms with van der Waals surface area (Å²) in [6.45, 7) is 1.15. The second-order valence-electron chi connectivity index (χ2n) is 4.63. The highest BCUT2D eigenvalue weighted by Crippen LogP contribution is 2.08. The molecule has 0 saturated heterocycles. The van der Waals surface area contributed by atoms with Crippen molar-refractivity contribution in [3.8, 4) is 5.69 Å². The second-order valence-corrected chi connectivity index (χ2v) is 4.63. The zero-order valence-corrected chi connectivity index (χ0v) is 11.8. The van der Waals surface area contributed by atoms with E-state index in [0.717, 1.165) is 17.7 Å². The number of carbonyl (C=O) groups excluding carboxylic acids is 1. The van der Waals surface area contributed by atoms with Gasteiger partial charge in [0.1, 0.15) is 0 Å². The number of hydrogen-bond donors (Lipinski definition) is 3. The Labute approximate surface area is 123 Å². The third kappa shape index (κ3) is 4.92. The van der Waals surface area contributed by atoms with Crippen LogP contribution in [-0.4, -0.2) is 40.6 Å². The zero-order chi connectivity index (χ0) is 14.9. The molecule has 0 radical (unpaired) electrons. The van der Waals surface area contributed by atoms with Gasteiger partial charge in [0, 0.05) is 32.1 Å². The lowest BCUT2D eigenvalue weighted by atomic mass is 10.1. The molecule has 0 fully saturated rings. The van der Waals surface area contributed by atoms with Crippen molar-refractivity contribution in [3.63, 3.8) is 0 Å². The van der Waals surface area contributed by atoms with Crippen LogP contribution in [0.5, 0.6) is 0 Å². The first-order chi connectivity index (χ1) is 10.3. The van der Waals surface area contributed by atoms with Gasteiger partial charge in [0.2, 0.25) is 0 Å².